The average molecular weight is 374 g/mol. The second-order valence-corrected chi connectivity index (χ2v) is 7.50. The van der Waals surface area contributed by atoms with Gasteiger partial charge in [0, 0.05) is 32.8 Å². The Hall–Kier alpha value is -2.08. The van der Waals surface area contributed by atoms with E-state index in [1.54, 1.807) is 0 Å². The third-order valence-corrected chi connectivity index (χ3v) is 5.58. The Morgan fingerprint density at radius 2 is 1.74 bits per heavy atom. The largest absolute Gasteiger partial charge is 0.483 e. The van der Waals surface area contributed by atoms with Crippen LogP contribution in [0.15, 0.2) is 12.1 Å². The van der Waals surface area contributed by atoms with Crippen molar-refractivity contribution in [2.45, 2.75) is 46.1 Å². The molecule has 0 spiro atoms. The van der Waals surface area contributed by atoms with Crippen molar-refractivity contribution in [2.75, 3.05) is 39.4 Å². The molecular weight excluding hydrogens is 344 g/mol. The van der Waals surface area contributed by atoms with Gasteiger partial charge >= 0.3 is 0 Å². The minimum Gasteiger partial charge on any atom is -0.483 e. The van der Waals surface area contributed by atoms with E-state index in [9.17, 15) is 9.59 Å². The summed E-state index contributed by atoms with van der Waals surface area (Å²) in [5.41, 5.74) is 3.27. The standard InChI is InChI=1S/C21H30N2O4/c1-15-7-8-16(2)20(17(15)3)27-14-19(24)22-9-5-10-23(12-11-22)21(25)18-6-4-13-26-18/h7-8,18H,4-6,9-14H2,1-3H3. The third kappa shape index (κ3) is 4.61. The summed E-state index contributed by atoms with van der Waals surface area (Å²) in [7, 11) is 0. The minimum atomic E-state index is -0.289. The fraction of sp³-hybridized carbons (Fsp3) is 0.619. The van der Waals surface area contributed by atoms with Crippen LogP contribution in [0.4, 0.5) is 0 Å². The summed E-state index contributed by atoms with van der Waals surface area (Å²) in [5, 5.41) is 0. The molecule has 1 atom stereocenters. The summed E-state index contributed by atoms with van der Waals surface area (Å²) >= 11 is 0. The predicted molar refractivity (Wildman–Crippen MR) is 103 cm³/mol. The number of amides is 2. The molecule has 6 heteroatoms. The van der Waals surface area contributed by atoms with Crippen LogP contribution >= 0.6 is 0 Å². The highest BCUT2D eigenvalue weighted by Gasteiger charge is 2.30. The van der Waals surface area contributed by atoms with Gasteiger partial charge in [0.15, 0.2) is 6.61 Å². The number of nitrogens with zero attached hydrogens (tertiary/aromatic N) is 2. The molecule has 6 nitrogen and oxygen atoms in total. The van der Waals surface area contributed by atoms with Gasteiger partial charge in [0.2, 0.25) is 0 Å². The zero-order valence-corrected chi connectivity index (χ0v) is 16.6. The molecule has 2 aliphatic rings. The van der Waals surface area contributed by atoms with Gasteiger partial charge in [-0.3, -0.25) is 9.59 Å². The van der Waals surface area contributed by atoms with Gasteiger partial charge in [-0.1, -0.05) is 12.1 Å². The van der Waals surface area contributed by atoms with E-state index in [4.69, 9.17) is 9.47 Å². The molecule has 2 amide bonds. The predicted octanol–water partition coefficient (Wildman–Crippen LogP) is 2.23. The smallest absolute Gasteiger partial charge is 0.260 e. The zero-order valence-electron chi connectivity index (χ0n) is 16.6. The van der Waals surface area contributed by atoms with Crippen molar-refractivity contribution in [3.63, 3.8) is 0 Å². The van der Waals surface area contributed by atoms with Crippen LogP contribution in [0.1, 0.15) is 36.0 Å². The van der Waals surface area contributed by atoms with Crippen LogP contribution in [0.2, 0.25) is 0 Å². The van der Waals surface area contributed by atoms with Crippen molar-refractivity contribution in [3.05, 3.63) is 28.8 Å². The van der Waals surface area contributed by atoms with Crippen LogP contribution in [0.3, 0.4) is 0 Å². The van der Waals surface area contributed by atoms with E-state index >= 15 is 0 Å². The number of carbonyl (C=O) groups excluding carboxylic acids is 2. The van der Waals surface area contributed by atoms with Crippen LogP contribution in [0, 0.1) is 20.8 Å². The molecule has 0 saturated carbocycles. The molecule has 2 saturated heterocycles. The number of aryl methyl sites for hydroxylation is 2. The minimum absolute atomic E-state index is 0.0262. The summed E-state index contributed by atoms with van der Waals surface area (Å²) in [6, 6.07) is 4.08. The lowest BCUT2D eigenvalue weighted by Crippen LogP contribution is -2.42. The topological polar surface area (TPSA) is 59.1 Å². The molecule has 148 valence electrons. The molecule has 0 aromatic heterocycles. The highest BCUT2D eigenvalue weighted by molar-refractivity contribution is 5.81. The van der Waals surface area contributed by atoms with Crippen LogP contribution in [0.5, 0.6) is 5.75 Å². The van der Waals surface area contributed by atoms with Gasteiger partial charge in [-0.15, -0.1) is 0 Å². The number of rotatable bonds is 4. The fourth-order valence-electron chi connectivity index (χ4n) is 3.74. The Kier molecular flexibility index (Phi) is 6.37. The maximum atomic E-state index is 12.6. The van der Waals surface area contributed by atoms with Crippen LogP contribution < -0.4 is 4.74 Å². The maximum Gasteiger partial charge on any atom is 0.260 e. The third-order valence-electron chi connectivity index (χ3n) is 5.58. The Balaban J connectivity index is 1.54. The number of carbonyl (C=O) groups is 2. The molecule has 0 radical (unpaired) electrons. The first kappa shape index (κ1) is 19.7. The van der Waals surface area contributed by atoms with Crippen molar-refractivity contribution in [3.8, 4) is 5.75 Å². The molecule has 0 bridgehead atoms. The first-order valence-electron chi connectivity index (χ1n) is 9.85. The van der Waals surface area contributed by atoms with Crippen LogP contribution in [0.25, 0.3) is 0 Å². The van der Waals surface area contributed by atoms with Gasteiger partial charge in [0.25, 0.3) is 11.8 Å². The number of benzene rings is 1. The zero-order chi connectivity index (χ0) is 19.4. The van der Waals surface area contributed by atoms with E-state index in [1.165, 1.54) is 0 Å². The SMILES string of the molecule is Cc1ccc(C)c(OCC(=O)N2CCCN(C(=O)C3CCCO3)CC2)c1C. The average Bonchev–Trinajstić information content (AvgIpc) is 3.08. The van der Waals surface area contributed by atoms with Gasteiger partial charge in [-0.2, -0.15) is 0 Å². The number of ether oxygens (including phenoxy) is 2. The molecule has 2 fully saturated rings. The summed E-state index contributed by atoms with van der Waals surface area (Å²) in [6.07, 6.45) is 2.25. The lowest BCUT2D eigenvalue weighted by Gasteiger charge is -2.24. The molecule has 1 aromatic rings. The van der Waals surface area contributed by atoms with Crippen LogP contribution in [-0.2, 0) is 14.3 Å². The summed E-state index contributed by atoms with van der Waals surface area (Å²) in [5.74, 6) is 0.846. The second kappa shape index (κ2) is 8.74. The molecule has 3 rings (SSSR count). The molecular formula is C21H30N2O4. The molecule has 1 aromatic carbocycles. The first-order chi connectivity index (χ1) is 13.0. The monoisotopic (exact) mass is 374 g/mol. The highest BCUT2D eigenvalue weighted by atomic mass is 16.5. The molecule has 27 heavy (non-hydrogen) atoms. The van der Waals surface area contributed by atoms with Crippen molar-refractivity contribution in [1.29, 1.82) is 0 Å². The van der Waals surface area contributed by atoms with Crippen molar-refractivity contribution in [2.24, 2.45) is 0 Å². The maximum absolute atomic E-state index is 12.6. The van der Waals surface area contributed by atoms with E-state index in [-0.39, 0.29) is 24.5 Å². The molecule has 2 aliphatic heterocycles. The Morgan fingerprint density at radius 3 is 2.48 bits per heavy atom. The van der Waals surface area contributed by atoms with Crippen molar-refractivity contribution < 1.29 is 19.1 Å². The lowest BCUT2D eigenvalue weighted by atomic mass is 10.1. The van der Waals surface area contributed by atoms with E-state index in [2.05, 4.69) is 6.07 Å². The van der Waals surface area contributed by atoms with E-state index in [0.29, 0.717) is 32.8 Å². The number of hydrogen-bond acceptors (Lipinski definition) is 4. The Bertz CT molecular complexity index is 698. The molecule has 0 aliphatic carbocycles. The molecule has 1 unspecified atom stereocenters. The Morgan fingerprint density at radius 1 is 1.04 bits per heavy atom. The fourth-order valence-corrected chi connectivity index (χ4v) is 3.74. The van der Waals surface area contributed by atoms with E-state index in [1.807, 2.05) is 36.6 Å². The van der Waals surface area contributed by atoms with Gasteiger partial charge in [0.1, 0.15) is 11.9 Å². The summed E-state index contributed by atoms with van der Waals surface area (Å²) in [6.45, 7) is 9.20. The second-order valence-electron chi connectivity index (χ2n) is 7.50. The molecule has 2 heterocycles. The van der Waals surface area contributed by atoms with E-state index < -0.39 is 0 Å². The molecule has 0 N–H and O–H groups in total. The summed E-state index contributed by atoms with van der Waals surface area (Å²) < 4.78 is 11.4. The van der Waals surface area contributed by atoms with Gasteiger partial charge in [0.05, 0.1) is 0 Å². The van der Waals surface area contributed by atoms with Gasteiger partial charge in [-0.25, -0.2) is 0 Å². The van der Waals surface area contributed by atoms with Crippen LogP contribution in [-0.4, -0.2) is 67.1 Å². The summed E-state index contributed by atoms with van der Waals surface area (Å²) in [4.78, 5) is 28.8. The number of hydrogen-bond donors (Lipinski definition) is 0. The Labute approximate surface area is 161 Å². The first-order valence-corrected chi connectivity index (χ1v) is 9.85. The lowest BCUT2D eigenvalue weighted by molar-refractivity contribution is -0.141. The highest BCUT2D eigenvalue weighted by Crippen LogP contribution is 2.25. The van der Waals surface area contributed by atoms with Gasteiger partial charge < -0.3 is 19.3 Å². The van der Waals surface area contributed by atoms with Crippen molar-refractivity contribution in [1.82, 2.24) is 9.80 Å². The normalized spacial score (nSPS) is 20.5. The quantitative estimate of drug-likeness (QED) is 0.811. The van der Waals surface area contributed by atoms with Crippen molar-refractivity contribution >= 4 is 11.8 Å². The van der Waals surface area contributed by atoms with E-state index in [0.717, 1.165) is 41.7 Å². The van der Waals surface area contributed by atoms with Gasteiger partial charge in [-0.05, 0) is 56.7 Å².